The van der Waals surface area contributed by atoms with Crippen molar-refractivity contribution in [2.45, 2.75) is 31.6 Å². The lowest BCUT2D eigenvalue weighted by molar-refractivity contribution is -0.145. The number of sulfonamides is 1. The Balaban J connectivity index is 1.85. The number of unbranched alkanes of at least 4 members (excludes halogenated alkanes) is 1. The van der Waals surface area contributed by atoms with Gasteiger partial charge in [-0.3, -0.25) is 9.69 Å². The predicted octanol–water partition coefficient (Wildman–Crippen LogP) is 1.64. The minimum absolute atomic E-state index is 0.224. The molecule has 0 aliphatic carbocycles. The molecule has 0 atom stereocenters. The molecule has 0 radical (unpaired) electrons. The first kappa shape index (κ1) is 18.9. The molecule has 1 heterocycles. The number of esters is 1. The molecule has 6 nitrogen and oxygen atoms in total. The summed E-state index contributed by atoms with van der Waals surface area (Å²) in [5.41, 5.74) is 1.03. The van der Waals surface area contributed by atoms with Crippen LogP contribution >= 0.6 is 0 Å². The quantitative estimate of drug-likeness (QED) is 0.550. The summed E-state index contributed by atoms with van der Waals surface area (Å²) in [5, 5.41) is 0. The van der Waals surface area contributed by atoms with Crippen LogP contribution in [0.4, 0.5) is 0 Å². The summed E-state index contributed by atoms with van der Waals surface area (Å²) < 4.78 is 31.9. The van der Waals surface area contributed by atoms with Gasteiger partial charge in [0.1, 0.15) is 0 Å². The first-order valence-corrected chi connectivity index (χ1v) is 9.82. The minimum atomic E-state index is -3.46. The van der Waals surface area contributed by atoms with Crippen molar-refractivity contribution in [3.05, 3.63) is 29.8 Å². The van der Waals surface area contributed by atoms with Gasteiger partial charge in [-0.15, -0.1) is 0 Å². The molecule has 1 saturated heterocycles. The van der Waals surface area contributed by atoms with E-state index >= 15 is 0 Å². The normalized spacial score (nSPS) is 16.9. The van der Waals surface area contributed by atoms with Crippen LogP contribution in [0.2, 0.25) is 0 Å². The smallest absolute Gasteiger partial charge is 0.320 e. The van der Waals surface area contributed by atoms with E-state index in [1.165, 1.54) is 4.31 Å². The fraction of sp³-hybridized carbons (Fsp3) is 0.588. The van der Waals surface area contributed by atoms with Crippen molar-refractivity contribution in [1.29, 1.82) is 0 Å². The third-order valence-electron chi connectivity index (χ3n) is 4.10. The van der Waals surface area contributed by atoms with Crippen molar-refractivity contribution in [2.75, 3.05) is 39.3 Å². The standard InChI is InChI=1S/C17H26N2O4S/c1-3-4-13-23-17(20)14-18-9-11-19(12-10-18)24(21,22)16-7-5-15(2)6-8-16/h5-8H,3-4,9-14H2,1-2H3. The molecule has 1 fully saturated rings. The van der Waals surface area contributed by atoms with Crippen molar-refractivity contribution in [1.82, 2.24) is 9.21 Å². The second-order valence-corrected chi connectivity index (χ2v) is 8.01. The summed E-state index contributed by atoms with van der Waals surface area (Å²) in [5.74, 6) is -0.238. The first-order valence-electron chi connectivity index (χ1n) is 8.38. The number of nitrogens with zero attached hydrogens (tertiary/aromatic N) is 2. The summed E-state index contributed by atoms with van der Waals surface area (Å²) in [6.45, 7) is 6.49. The SMILES string of the molecule is CCCCOC(=O)CN1CCN(S(=O)(=O)c2ccc(C)cc2)CC1. The molecule has 0 amide bonds. The molecule has 0 unspecified atom stereocenters. The van der Waals surface area contributed by atoms with Gasteiger partial charge < -0.3 is 4.74 Å². The molecule has 2 rings (SSSR count). The lowest BCUT2D eigenvalue weighted by atomic mass is 10.2. The minimum Gasteiger partial charge on any atom is -0.465 e. The number of hydrogen-bond acceptors (Lipinski definition) is 5. The second-order valence-electron chi connectivity index (χ2n) is 6.07. The van der Waals surface area contributed by atoms with Gasteiger partial charge >= 0.3 is 5.97 Å². The van der Waals surface area contributed by atoms with E-state index in [-0.39, 0.29) is 12.5 Å². The van der Waals surface area contributed by atoms with E-state index < -0.39 is 10.0 Å². The Morgan fingerprint density at radius 1 is 1.12 bits per heavy atom. The largest absolute Gasteiger partial charge is 0.465 e. The molecule has 1 aromatic carbocycles. The summed E-state index contributed by atoms with van der Waals surface area (Å²) in [4.78, 5) is 14.0. The summed E-state index contributed by atoms with van der Waals surface area (Å²) in [6.07, 6.45) is 1.86. The topological polar surface area (TPSA) is 66.9 Å². The number of carbonyl (C=O) groups is 1. The molecule has 1 aliphatic rings. The zero-order valence-corrected chi connectivity index (χ0v) is 15.2. The van der Waals surface area contributed by atoms with Gasteiger partial charge in [-0.05, 0) is 25.5 Å². The van der Waals surface area contributed by atoms with E-state index in [0.717, 1.165) is 18.4 Å². The second kappa shape index (κ2) is 8.60. The maximum absolute atomic E-state index is 12.6. The zero-order valence-electron chi connectivity index (χ0n) is 14.4. The number of benzene rings is 1. The van der Waals surface area contributed by atoms with Gasteiger partial charge in [-0.2, -0.15) is 4.31 Å². The van der Waals surface area contributed by atoms with Crippen molar-refractivity contribution in [3.63, 3.8) is 0 Å². The number of piperazine rings is 1. The molecule has 0 spiro atoms. The molecule has 24 heavy (non-hydrogen) atoms. The Hall–Kier alpha value is -1.44. The molecular formula is C17H26N2O4S. The van der Waals surface area contributed by atoms with E-state index in [9.17, 15) is 13.2 Å². The van der Waals surface area contributed by atoms with Gasteiger partial charge in [0.05, 0.1) is 18.0 Å². The number of hydrogen-bond donors (Lipinski definition) is 0. The van der Waals surface area contributed by atoms with Crippen LogP contribution in [0.5, 0.6) is 0 Å². The highest BCUT2D eigenvalue weighted by atomic mass is 32.2. The molecule has 134 valence electrons. The average molecular weight is 354 g/mol. The Morgan fingerprint density at radius 2 is 1.75 bits per heavy atom. The predicted molar refractivity (Wildman–Crippen MR) is 92.2 cm³/mol. The van der Waals surface area contributed by atoms with E-state index in [2.05, 4.69) is 0 Å². The van der Waals surface area contributed by atoms with Crippen LogP contribution in [0.3, 0.4) is 0 Å². The molecule has 0 N–H and O–H groups in total. The summed E-state index contributed by atoms with van der Waals surface area (Å²) in [6, 6.07) is 6.88. The average Bonchev–Trinajstić information content (AvgIpc) is 2.56. The summed E-state index contributed by atoms with van der Waals surface area (Å²) >= 11 is 0. The van der Waals surface area contributed by atoms with E-state index in [1.54, 1.807) is 24.3 Å². The van der Waals surface area contributed by atoms with Crippen LogP contribution in [0.15, 0.2) is 29.2 Å². The van der Waals surface area contributed by atoms with Crippen LogP contribution in [-0.4, -0.2) is 62.9 Å². The van der Waals surface area contributed by atoms with E-state index in [4.69, 9.17) is 4.74 Å². The fourth-order valence-corrected chi connectivity index (χ4v) is 3.97. The molecule has 1 aliphatic heterocycles. The van der Waals surface area contributed by atoms with Crippen LogP contribution in [0.25, 0.3) is 0 Å². The van der Waals surface area contributed by atoms with Gasteiger partial charge in [-0.1, -0.05) is 31.0 Å². The van der Waals surface area contributed by atoms with E-state index in [1.807, 2.05) is 18.7 Å². The molecule has 0 saturated carbocycles. The highest BCUT2D eigenvalue weighted by Gasteiger charge is 2.29. The molecule has 0 bridgehead atoms. The maximum atomic E-state index is 12.6. The van der Waals surface area contributed by atoms with Crippen LogP contribution < -0.4 is 0 Å². The molecular weight excluding hydrogens is 328 g/mol. The third-order valence-corrected chi connectivity index (χ3v) is 6.02. The maximum Gasteiger partial charge on any atom is 0.320 e. The summed E-state index contributed by atoms with van der Waals surface area (Å²) in [7, 11) is -3.46. The molecule has 0 aromatic heterocycles. The van der Waals surface area contributed by atoms with Crippen LogP contribution in [0, 0.1) is 6.92 Å². The molecule has 1 aromatic rings. The highest BCUT2D eigenvalue weighted by molar-refractivity contribution is 7.89. The number of ether oxygens (including phenoxy) is 1. The van der Waals surface area contributed by atoms with E-state index in [0.29, 0.717) is 37.7 Å². The Morgan fingerprint density at radius 3 is 2.33 bits per heavy atom. The Bertz CT molecular complexity index is 635. The number of aryl methyl sites for hydroxylation is 1. The third kappa shape index (κ3) is 5.03. The fourth-order valence-electron chi connectivity index (χ4n) is 2.55. The molecule has 7 heteroatoms. The van der Waals surface area contributed by atoms with Crippen LogP contribution in [-0.2, 0) is 19.6 Å². The first-order chi connectivity index (χ1) is 11.4. The van der Waals surface area contributed by atoms with Gasteiger partial charge in [-0.25, -0.2) is 8.42 Å². The van der Waals surface area contributed by atoms with Crippen LogP contribution in [0.1, 0.15) is 25.3 Å². The van der Waals surface area contributed by atoms with Gasteiger partial charge in [0.25, 0.3) is 0 Å². The zero-order chi connectivity index (χ0) is 17.6. The lowest BCUT2D eigenvalue weighted by Gasteiger charge is -2.33. The van der Waals surface area contributed by atoms with Crippen molar-refractivity contribution in [2.24, 2.45) is 0 Å². The van der Waals surface area contributed by atoms with Gasteiger partial charge in [0, 0.05) is 26.2 Å². The van der Waals surface area contributed by atoms with Gasteiger partial charge in [0.15, 0.2) is 0 Å². The Kier molecular flexibility index (Phi) is 6.77. The Labute approximate surface area is 144 Å². The number of rotatable bonds is 7. The monoisotopic (exact) mass is 354 g/mol. The number of carbonyl (C=O) groups excluding carboxylic acids is 1. The van der Waals surface area contributed by atoms with Crippen molar-refractivity contribution < 1.29 is 17.9 Å². The van der Waals surface area contributed by atoms with Gasteiger partial charge in [0.2, 0.25) is 10.0 Å². The van der Waals surface area contributed by atoms with Crippen molar-refractivity contribution >= 4 is 16.0 Å². The highest BCUT2D eigenvalue weighted by Crippen LogP contribution is 2.18. The lowest BCUT2D eigenvalue weighted by Crippen LogP contribution is -2.50. The van der Waals surface area contributed by atoms with Crippen molar-refractivity contribution in [3.8, 4) is 0 Å².